The van der Waals surface area contributed by atoms with E-state index in [-0.39, 0.29) is 0 Å². The van der Waals surface area contributed by atoms with Gasteiger partial charge in [-0.2, -0.15) is 0 Å². The van der Waals surface area contributed by atoms with Crippen LogP contribution in [0.4, 0.5) is 8.78 Å². The molecule has 16 heavy (non-hydrogen) atoms. The number of esters is 1. The minimum Gasteiger partial charge on any atom is -0.455 e. The number of thiophene rings is 1. The number of carbonyl (C=O) groups excluding carboxylic acids is 1. The molecule has 1 heterocycles. The number of fused-ring (bicyclic) bond motifs is 1. The highest BCUT2D eigenvalue weighted by Crippen LogP contribution is 2.30. The Balaban J connectivity index is 2.03. The van der Waals surface area contributed by atoms with Crippen molar-refractivity contribution in [1.82, 2.24) is 0 Å². The van der Waals surface area contributed by atoms with E-state index < -0.39 is 19.0 Å². The molecule has 2 nitrogen and oxygen atoms in total. The average Bonchev–Trinajstić information content (AvgIpc) is 2.69. The van der Waals surface area contributed by atoms with E-state index in [9.17, 15) is 13.6 Å². The van der Waals surface area contributed by atoms with Gasteiger partial charge in [-0.05, 0) is 37.3 Å². The van der Waals surface area contributed by atoms with Crippen LogP contribution in [0.3, 0.4) is 0 Å². The van der Waals surface area contributed by atoms with Crippen LogP contribution >= 0.6 is 11.3 Å². The van der Waals surface area contributed by atoms with Gasteiger partial charge in [0, 0.05) is 4.88 Å². The van der Waals surface area contributed by atoms with E-state index in [1.165, 1.54) is 21.8 Å². The Morgan fingerprint density at radius 1 is 1.44 bits per heavy atom. The topological polar surface area (TPSA) is 26.3 Å². The van der Waals surface area contributed by atoms with E-state index in [1.54, 1.807) is 6.07 Å². The summed E-state index contributed by atoms with van der Waals surface area (Å²) in [5, 5.41) is 0. The van der Waals surface area contributed by atoms with Gasteiger partial charge in [-0.25, -0.2) is 13.6 Å². The molecule has 0 aliphatic heterocycles. The molecule has 0 saturated carbocycles. The average molecular weight is 246 g/mol. The summed E-state index contributed by atoms with van der Waals surface area (Å²) in [5.41, 5.74) is 1.18. The van der Waals surface area contributed by atoms with Gasteiger partial charge in [0.2, 0.25) is 0 Å². The van der Waals surface area contributed by atoms with Gasteiger partial charge in [0.05, 0.1) is 0 Å². The molecule has 2 rings (SSSR count). The molecule has 0 radical (unpaired) electrons. The first-order valence-corrected chi connectivity index (χ1v) is 6.05. The summed E-state index contributed by atoms with van der Waals surface area (Å²) in [6.07, 6.45) is 1.64. The zero-order chi connectivity index (χ0) is 11.5. The predicted octanol–water partition coefficient (Wildman–Crippen LogP) is 3.05. The Kier molecular flexibility index (Phi) is 3.53. The van der Waals surface area contributed by atoms with Crippen LogP contribution in [-0.2, 0) is 17.6 Å². The van der Waals surface area contributed by atoms with E-state index >= 15 is 0 Å². The Morgan fingerprint density at radius 3 is 2.88 bits per heavy atom. The van der Waals surface area contributed by atoms with Crippen LogP contribution in [-0.4, -0.2) is 19.0 Å². The van der Waals surface area contributed by atoms with Crippen LogP contribution in [0.25, 0.3) is 0 Å². The number of alkyl halides is 2. The third-order valence-electron chi connectivity index (χ3n) is 2.54. The summed E-state index contributed by atoms with van der Waals surface area (Å²) < 4.78 is 28.2. The Hall–Kier alpha value is -0.970. The maximum absolute atomic E-state index is 11.9. The van der Waals surface area contributed by atoms with E-state index in [1.807, 2.05) is 0 Å². The number of aryl methyl sites for hydroxylation is 2. The van der Waals surface area contributed by atoms with Crippen LogP contribution in [0.15, 0.2) is 6.07 Å². The van der Waals surface area contributed by atoms with Gasteiger partial charge in [-0.15, -0.1) is 11.3 Å². The number of hydrogen-bond acceptors (Lipinski definition) is 3. The Labute approximate surface area is 96.2 Å². The second kappa shape index (κ2) is 4.91. The van der Waals surface area contributed by atoms with Gasteiger partial charge in [0.15, 0.2) is 6.61 Å². The Bertz CT molecular complexity index is 364. The number of carbonyl (C=O) groups is 1. The van der Waals surface area contributed by atoms with Gasteiger partial charge in [0.25, 0.3) is 6.43 Å². The second-order valence-corrected chi connectivity index (χ2v) is 4.89. The minimum atomic E-state index is -2.60. The molecule has 0 aromatic carbocycles. The SMILES string of the molecule is O=C(OCC(F)F)c1cc2c(s1)CCCC2. The summed E-state index contributed by atoms with van der Waals surface area (Å²) in [6, 6.07) is 1.78. The second-order valence-electron chi connectivity index (χ2n) is 3.76. The molecule has 1 aromatic rings. The summed E-state index contributed by atoms with van der Waals surface area (Å²) >= 11 is 1.38. The summed E-state index contributed by atoms with van der Waals surface area (Å²) in [6.45, 7) is -0.818. The summed E-state index contributed by atoms with van der Waals surface area (Å²) in [7, 11) is 0. The highest BCUT2D eigenvalue weighted by atomic mass is 32.1. The van der Waals surface area contributed by atoms with E-state index in [4.69, 9.17) is 0 Å². The lowest BCUT2D eigenvalue weighted by Gasteiger charge is -2.08. The van der Waals surface area contributed by atoms with Crippen molar-refractivity contribution >= 4 is 17.3 Å². The zero-order valence-electron chi connectivity index (χ0n) is 8.67. The fraction of sp³-hybridized carbons (Fsp3) is 0.545. The van der Waals surface area contributed by atoms with Crippen LogP contribution in [0.5, 0.6) is 0 Å². The Morgan fingerprint density at radius 2 is 2.19 bits per heavy atom. The predicted molar refractivity (Wildman–Crippen MR) is 57.2 cm³/mol. The maximum atomic E-state index is 11.9. The van der Waals surface area contributed by atoms with E-state index in [0.717, 1.165) is 25.7 Å². The number of hydrogen-bond donors (Lipinski definition) is 0. The molecule has 0 N–H and O–H groups in total. The van der Waals surface area contributed by atoms with Crippen molar-refractivity contribution in [2.75, 3.05) is 6.61 Å². The maximum Gasteiger partial charge on any atom is 0.348 e. The molecule has 0 amide bonds. The zero-order valence-corrected chi connectivity index (χ0v) is 9.49. The van der Waals surface area contributed by atoms with Crippen molar-refractivity contribution in [3.63, 3.8) is 0 Å². The molecule has 88 valence electrons. The third kappa shape index (κ3) is 2.58. The van der Waals surface area contributed by atoms with Gasteiger partial charge in [-0.1, -0.05) is 0 Å². The minimum absolute atomic E-state index is 0.451. The molecule has 1 aromatic heterocycles. The highest BCUT2D eigenvalue weighted by molar-refractivity contribution is 7.14. The molecule has 1 aliphatic rings. The van der Waals surface area contributed by atoms with Crippen molar-refractivity contribution in [3.05, 3.63) is 21.4 Å². The standard InChI is InChI=1S/C11H12F2O2S/c12-10(13)6-15-11(14)9-5-7-3-1-2-4-8(7)16-9/h5,10H,1-4,6H2. The number of ether oxygens (including phenoxy) is 1. The van der Waals surface area contributed by atoms with Crippen LogP contribution in [0.1, 0.15) is 33.0 Å². The molecule has 0 atom stereocenters. The monoisotopic (exact) mass is 246 g/mol. The molecule has 0 fully saturated rings. The van der Waals surface area contributed by atoms with E-state index in [2.05, 4.69) is 4.74 Å². The highest BCUT2D eigenvalue weighted by Gasteiger charge is 2.18. The smallest absolute Gasteiger partial charge is 0.348 e. The largest absolute Gasteiger partial charge is 0.455 e. The van der Waals surface area contributed by atoms with E-state index in [0.29, 0.717) is 4.88 Å². The van der Waals surface area contributed by atoms with Crippen molar-refractivity contribution in [2.24, 2.45) is 0 Å². The molecule has 0 saturated heterocycles. The van der Waals surface area contributed by atoms with Crippen LogP contribution in [0, 0.1) is 0 Å². The number of rotatable bonds is 3. The van der Waals surface area contributed by atoms with Gasteiger partial charge in [-0.3, -0.25) is 0 Å². The van der Waals surface area contributed by atoms with Crippen LogP contribution < -0.4 is 0 Å². The summed E-state index contributed by atoms with van der Waals surface area (Å²) in [5.74, 6) is -0.625. The summed E-state index contributed by atoms with van der Waals surface area (Å²) in [4.78, 5) is 13.1. The first-order valence-electron chi connectivity index (χ1n) is 5.23. The first-order chi connectivity index (χ1) is 7.66. The fourth-order valence-electron chi connectivity index (χ4n) is 1.80. The number of halogens is 2. The molecule has 5 heteroatoms. The molecule has 0 unspecified atom stereocenters. The van der Waals surface area contributed by atoms with Crippen molar-refractivity contribution in [2.45, 2.75) is 32.1 Å². The van der Waals surface area contributed by atoms with Gasteiger partial charge < -0.3 is 4.74 Å². The lowest BCUT2D eigenvalue weighted by molar-refractivity contribution is 0.0164. The molecular formula is C11H12F2O2S. The molecule has 0 bridgehead atoms. The fourth-order valence-corrected chi connectivity index (χ4v) is 2.95. The van der Waals surface area contributed by atoms with Crippen molar-refractivity contribution in [3.8, 4) is 0 Å². The normalized spacial score (nSPS) is 14.9. The lowest BCUT2D eigenvalue weighted by atomic mass is 9.99. The third-order valence-corrected chi connectivity index (χ3v) is 3.76. The lowest BCUT2D eigenvalue weighted by Crippen LogP contribution is -2.10. The molecular weight excluding hydrogens is 234 g/mol. The van der Waals surface area contributed by atoms with Gasteiger partial charge >= 0.3 is 5.97 Å². The molecule has 0 spiro atoms. The van der Waals surface area contributed by atoms with Crippen LogP contribution in [0.2, 0.25) is 0 Å². The van der Waals surface area contributed by atoms with Gasteiger partial charge in [0.1, 0.15) is 4.88 Å². The van der Waals surface area contributed by atoms with Crippen molar-refractivity contribution < 1.29 is 18.3 Å². The first kappa shape index (κ1) is 11.5. The van der Waals surface area contributed by atoms with Crippen molar-refractivity contribution in [1.29, 1.82) is 0 Å². The quantitative estimate of drug-likeness (QED) is 0.766. The molecule has 1 aliphatic carbocycles.